The summed E-state index contributed by atoms with van der Waals surface area (Å²) in [6, 6.07) is 9.38. The van der Waals surface area contributed by atoms with E-state index in [0.717, 1.165) is 10.0 Å². The minimum Gasteiger partial charge on any atom is -0.235 e. The van der Waals surface area contributed by atoms with Gasteiger partial charge in [0.25, 0.3) is 0 Å². The Morgan fingerprint density at radius 3 is 2.53 bits per heavy atom. The van der Waals surface area contributed by atoms with Gasteiger partial charge in [-0.1, -0.05) is 51.3 Å². The summed E-state index contributed by atoms with van der Waals surface area (Å²) in [4.78, 5) is 8.24. The molecule has 86 valence electrons. The molecule has 0 unspecified atom stereocenters. The zero-order valence-corrected chi connectivity index (χ0v) is 11.7. The van der Waals surface area contributed by atoms with Crippen molar-refractivity contribution in [2.45, 2.75) is 0 Å². The molecule has 2 rings (SSSR count). The van der Waals surface area contributed by atoms with Gasteiger partial charge in [-0.15, -0.1) is 0 Å². The Bertz CT molecular complexity index is 553. The predicted molar refractivity (Wildman–Crippen MR) is 75.7 cm³/mol. The highest BCUT2D eigenvalue weighted by atomic mass is 79.9. The standard InChI is InChI=1S/C12H7BrCl2N2/c13-9-3-1-8(2-4-9)6-16-12-11(15)5-10(14)7-17-12/h1-7H/b16-6+. The maximum atomic E-state index is 5.95. The molecule has 17 heavy (non-hydrogen) atoms. The van der Waals surface area contributed by atoms with Crippen LogP contribution in [0.3, 0.4) is 0 Å². The van der Waals surface area contributed by atoms with Gasteiger partial charge in [0.05, 0.1) is 10.0 Å². The van der Waals surface area contributed by atoms with Crippen molar-refractivity contribution in [2.75, 3.05) is 0 Å². The van der Waals surface area contributed by atoms with E-state index in [1.54, 1.807) is 12.3 Å². The van der Waals surface area contributed by atoms with Crippen LogP contribution in [0.4, 0.5) is 5.82 Å². The second-order valence-electron chi connectivity index (χ2n) is 3.27. The van der Waals surface area contributed by atoms with Gasteiger partial charge in [-0.2, -0.15) is 0 Å². The van der Waals surface area contributed by atoms with E-state index in [9.17, 15) is 0 Å². The number of benzene rings is 1. The first-order chi connectivity index (χ1) is 8.15. The first-order valence-electron chi connectivity index (χ1n) is 4.76. The fraction of sp³-hybridized carbons (Fsp3) is 0. The molecule has 0 N–H and O–H groups in total. The van der Waals surface area contributed by atoms with Crippen LogP contribution in [-0.2, 0) is 0 Å². The van der Waals surface area contributed by atoms with Crippen molar-refractivity contribution in [3.63, 3.8) is 0 Å². The van der Waals surface area contributed by atoms with E-state index in [-0.39, 0.29) is 0 Å². The number of pyridine rings is 1. The van der Waals surface area contributed by atoms with Gasteiger partial charge in [0.15, 0.2) is 5.82 Å². The molecular formula is C12H7BrCl2N2. The molecule has 1 heterocycles. The van der Waals surface area contributed by atoms with Crippen molar-refractivity contribution in [2.24, 2.45) is 4.99 Å². The smallest absolute Gasteiger partial charge is 0.170 e. The van der Waals surface area contributed by atoms with Crippen LogP contribution in [0.15, 0.2) is 46.0 Å². The normalized spacial score (nSPS) is 11.0. The van der Waals surface area contributed by atoms with E-state index >= 15 is 0 Å². The van der Waals surface area contributed by atoms with Crippen molar-refractivity contribution in [3.05, 3.63) is 56.6 Å². The molecule has 0 atom stereocenters. The van der Waals surface area contributed by atoms with Crippen LogP contribution in [-0.4, -0.2) is 11.2 Å². The number of halogens is 3. The Morgan fingerprint density at radius 2 is 1.88 bits per heavy atom. The number of aromatic nitrogens is 1. The number of hydrogen-bond acceptors (Lipinski definition) is 2. The number of aliphatic imine (C=N–C) groups is 1. The molecule has 0 aliphatic heterocycles. The largest absolute Gasteiger partial charge is 0.235 e. The molecule has 2 aromatic rings. The summed E-state index contributed by atoms with van der Waals surface area (Å²) in [5.74, 6) is 0.457. The first kappa shape index (κ1) is 12.6. The lowest BCUT2D eigenvalue weighted by Crippen LogP contribution is -1.81. The molecule has 0 saturated carbocycles. The molecule has 0 amide bonds. The van der Waals surface area contributed by atoms with E-state index in [1.807, 2.05) is 24.3 Å². The van der Waals surface area contributed by atoms with Crippen LogP contribution >= 0.6 is 39.1 Å². The van der Waals surface area contributed by atoms with Gasteiger partial charge in [-0.25, -0.2) is 9.98 Å². The van der Waals surface area contributed by atoms with Crippen molar-refractivity contribution >= 4 is 51.2 Å². The number of nitrogens with zero attached hydrogens (tertiary/aromatic N) is 2. The maximum Gasteiger partial charge on any atom is 0.170 e. The number of rotatable bonds is 2. The molecule has 0 bridgehead atoms. The molecule has 0 fully saturated rings. The Kier molecular flexibility index (Phi) is 4.15. The van der Waals surface area contributed by atoms with E-state index < -0.39 is 0 Å². The summed E-state index contributed by atoms with van der Waals surface area (Å²) in [5.41, 5.74) is 0.973. The molecule has 0 aliphatic carbocycles. The molecular weight excluding hydrogens is 323 g/mol. The highest BCUT2D eigenvalue weighted by Crippen LogP contribution is 2.24. The van der Waals surface area contributed by atoms with E-state index in [4.69, 9.17) is 23.2 Å². The van der Waals surface area contributed by atoms with Gasteiger partial charge in [0, 0.05) is 16.9 Å². The minimum absolute atomic E-state index is 0.436. The Morgan fingerprint density at radius 1 is 1.18 bits per heavy atom. The molecule has 0 radical (unpaired) electrons. The summed E-state index contributed by atoms with van der Waals surface area (Å²) in [5, 5.41) is 0.934. The summed E-state index contributed by atoms with van der Waals surface area (Å²) in [7, 11) is 0. The van der Waals surface area contributed by atoms with Crippen LogP contribution < -0.4 is 0 Å². The van der Waals surface area contributed by atoms with Gasteiger partial charge in [-0.05, 0) is 23.8 Å². The molecule has 0 aliphatic rings. The SMILES string of the molecule is Clc1cnc(/N=C/c2ccc(Br)cc2)c(Cl)c1. The Balaban J connectivity index is 2.23. The predicted octanol–water partition coefficient (Wildman–Crippen LogP) is 4.90. The molecule has 5 heteroatoms. The van der Waals surface area contributed by atoms with Crippen molar-refractivity contribution in [1.29, 1.82) is 0 Å². The Hall–Kier alpha value is -0.900. The first-order valence-corrected chi connectivity index (χ1v) is 6.31. The van der Waals surface area contributed by atoms with Crippen molar-refractivity contribution in [1.82, 2.24) is 4.98 Å². The third-order valence-corrected chi connectivity index (χ3v) is 3.01. The van der Waals surface area contributed by atoms with Crippen LogP contribution in [0, 0.1) is 0 Å². The lowest BCUT2D eigenvalue weighted by molar-refractivity contribution is 1.28. The topological polar surface area (TPSA) is 25.2 Å². The van der Waals surface area contributed by atoms with Crippen LogP contribution in [0.2, 0.25) is 10.0 Å². The zero-order valence-electron chi connectivity index (χ0n) is 8.57. The van der Waals surface area contributed by atoms with Gasteiger partial charge in [0.2, 0.25) is 0 Å². The lowest BCUT2D eigenvalue weighted by Gasteiger charge is -1.97. The summed E-state index contributed by atoms with van der Waals surface area (Å²) in [6.07, 6.45) is 3.22. The summed E-state index contributed by atoms with van der Waals surface area (Å²) in [6.45, 7) is 0. The Labute approximate surface area is 117 Å². The van der Waals surface area contributed by atoms with Gasteiger partial charge in [-0.3, -0.25) is 0 Å². The average Bonchev–Trinajstić information content (AvgIpc) is 2.30. The highest BCUT2D eigenvalue weighted by molar-refractivity contribution is 9.10. The van der Waals surface area contributed by atoms with E-state index in [1.165, 1.54) is 6.20 Å². The molecule has 1 aromatic heterocycles. The van der Waals surface area contributed by atoms with Crippen molar-refractivity contribution in [3.8, 4) is 0 Å². The second-order valence-corrected chi connectivity index (χ2v) is 5.03. The van der Waals surface area contributed by atoms with Crippen LogP contribution in [0.25, 0.3) is 0 Å². The molecule has 2 nitrogen and oxygen atoms in total. The van der Waals surface area contributed by atoms with E-state index in [0.29, 0.717) is 15.9 Å². The lowest BCUT2D eigenvalue weighted by atomic mass is 10.2. The van der Waals surface area contributed by atoms with Gasteiger partial charge < -0.3 is 0 Å². The molecule has 1 aromatic carbocycles. The quantitative estimate of drug-likeness (QED) is 0.719. The van der Waals surface area contributed by atoms with Gasteiger partial charge in [0.1, 0.15) is 0 Å². The summed E-state index contributed by atoms with van der Waals surface area (Å²) >= 11 is 15.1. The molecule has 0 saturated heterocycles. The fourth-order valence-corrected chi connectivity index (χ4v) is 1.88. The highest BCUT2D eigenvalue weighted by Gasteiger charge is 2.00. The second kappa shape index (κ2) is 5.63. The van der Waals surface area contributed by atoms with Crippen LogP contribution in [0.5, 0.6) is 0 Å². The third-order valence-electron chi connectivity index (χ3n) is 1.99. The number of hydrogen-bond donors (Lipinski definition) is 0. The van der Waals surface area contributed by atoms with Gasteiger partial charge >= 0.3 is 0 Å². The third kappa shape index (κ3) is 3.53. The van der Waals surface area contributed by atoms with Crippen LogP contribution in [0.1, 0.15) is 5.56 Å². The zero-order chi connectivity index (χ0) is 12.3. The van der Waals surface area contributed by atoms with E-state index in [2.05, 4.69) is 25.9 Å². The summed E-state index contributed by atoms with van der Waals surface area (Å²) < 4.78 is 1.03. The maximum absolute atomic E-state index is 5.95. The fourth-order valence-electron chi connectivity index (χ4n) is 1.19. The van der Waals surface area contributed by atoms with Crippen molar-refractivity contribution < 1.29 is 0 Å². The average molecular weight is 330 g/mol. The minimum atomic E-state index is 0.436. The monoisotopic (exact) mass is 328 g/mol. The molecule has 0 spiro atoms.